The van der Waals surface area contributed by atoms with Gasteiger partial charge < -0.3 is 19.2 Å². The minimum Gasteiger partial charge on any atom is -0.491 e. The molecule has 4 rings (SSSR count). The number of hydrogen-bond acceptors (Lipinski definition) is 5. The van der Waals surface area contributed by atoms with Crippen LogP contribution >= 0.6 is 0 Å². The lowest BCUT2D eigenvalue weighted by molar-refractivity contribution is 0.102. The quantitative estimate of drug-likeness (QED) is 0.429. The lowest BCUT2D eigenvalue weighted by Gasteiger charge is -2.14. The predicted octanol–water partition coefficient (Wildman–Crippen LogP) is 5.51. The third kappa shape index (κ3) is 5.14. The van der Waals surface area contributed by atoms with Crippen LogP contribution in [0, 0.1) is 0 Å². The Morgan fingerprint density at radius 2 is 1.77 bits per heavy atom. The molecule has 2 heterocycles. The van der Waals surface area contributed by atoms with E-state index in [2.05, 4.69) is 10.4 Å². The number of ether oxygens (including phenoxy) is 2. The van der Waals surface area contributed by atoms with Crippen LogP contribution in [0.3, 0.4) is 0 Å². The Bertz CT molecular complexity index is 1160. The van der Waals surface area contributed by atoms with Crippen molar-refractivity contribution in [1.29, 1.82) is 0 Å². The van der Waals surface area contributed by atoms with Gasteiger partial charge in [-0.2, -0.15) is 5.10 Å². The first-order valence-corrected chi connectivity index (χ1v) is 9.89. The molecule has 0 aliphatic heterocycles. The molecule has 0 aliphatic carbocycles. The SMILES string of the molecule is CC(C)Oc1cc(Oc2ccc(-c3ccoc3)cc2)cc(C(=O)Nc2ccn(C)n2)c1. The van der Waals surface area contributed by atoms with Crippen LogP contribution in [-0.4, -0.2) is 21.8 Å². The number of aromatic nitrogens is 2. The van der Waals surface area contributed by atoms with Crippen LogP contribution in [0.25, 0.3) is 11.1 Å². The van der Waals surface area contributed by atoms with Crippen molar-refractivity contribution in [2.45, 2.75) is 20.0 Å². The average Bonchev–Trinajstić information content (AvgIpc) is 3.40. The number of hydrogen-bond donors (Lipinski definition) is 1. The fraction of sp³-hybridized carbons (Fsp3) is 0.167. The largest absolute Gasteiger partial charge is 0.491 e. The highest BCUT2D eigenvalue weighted by Gasteiger charge is 2.13. The van der Waals surface area contributed by atoms with E-state index < -0.39 is 0 Å². The number of benzene rings is 2. The van der Waals surface area contributed by atoms with Crippen molar-refractivity contribution in [2.24, 2.45) is 7.05 Å². The van der Waals surface area contributed by atoms with Crippen LogP contribution in [-0.2, 0) is 7.05 Å². The zero-order valence-corrected chi connectivity index (χ0v) is 17.5. The molecular weight excluding hydrogens is 394 g/mol. The number of carbonyl (C=O) groups excluding carboxylic acids is 1. The maximum absolute atomic E-state index is 12.8. The van der Waals surface area contributed by atoms with Gasteiger partial charge in [0, 0.05) is 36.5 Å². The molecule has 2 aromatic carbocycles. The highest BCUT2D eigenvalue weighted by molar-refractivity contribution is 6.04. The van der Waals surface area contributed by atoms with Gasteiger partial charge in [0.25, 0.3) is 5.91 Å². The number of nitrogens with one attached hydrogen (secondary N) is 1. The van der Waals surface area contributed by atoms with Gasteiger partial charge in [0.15, 0.2) is 5.82 Å². The molecule has 158 valence electrons. The van der Waals surface area contributed by atoms with Crippen molar-refractivity contribution >= 4 is 11.7 Å². The Labute approximate surface area is 180 Å². The summed E-state index contributed by atoms with van der Waals surface area (Å²) in [6, 6.07) is 16.4. The second kappa shape index (κ2) is 8.79. The van der Waals surface area contributed by atoms with E-state index in [0.29, 0.717) is 28.6 Å². The van der Waals surface area contributed by atoms with E-state index in [1.165, 1.54) is 0 Å². The summed E-state index contributed by atoms with van der Waals surface area (Å²) in [5.41, 5.74) is 2.43. The minimum absolute atomic E-state index is 0.0452. The van der Waals surface area contributed by atoms with E-state index in [1.54, 1.807) is 54.7 Å². The molecule has 0 fully saturated rings. The number of rotatable bonds is 7. The average molecular weight is 417 g/mol. The van der Waals surface area contributed by atoms with Crippen LogP contribution in [0.5, 0.6) is 17.2 Å². The van der Waals surface area contributed by atoms with E-state index in [1.807, 2.05) is 44.2 Å². The molecule has 7 heteroatoms. The van der Waals surface area contributed by atoms with Crippen LogP contribution < -0.4 is 14.8 Å². The summed E-state index contributed by atoms with van der Waals surface area (Å²) in [5, 5.41) is 6.96. The number of aryl methyl sites for hydroxylation is 1. The number of carbonyl (C=O) groups is 1. The van der Waals surface area contributed by atoms with Gasteiger partial charge in [-0.1, -0.05) is 12.1 Å². The van der Waals surface area contributed by atoms with Crippen LogP contribution in [0.15, 0.2) is 77.7 Å². The zero-order chi connectivity index (χ0) is 21.8. The Balaban J connectivity index is 1.57. The highest BCUT2D eigenvalue weighted by Crippen LogP contribution is 2.30. The summed E-state index contributed by atoms with van der Waals surface area (Å²) in [5.74, 6) is 1.87. The van der Waals surface area contributed by atoms with Crippen LogP contribution in [0.2, 0.25) is 0 Å². The lowest BCUT2D eigenvalue weighted by atomic mass is 10.1. The molecule has 4 aromatic rings. The maximum Gasteiger partial charge on any atom is 0.257 e. The van der Waals surface area contributed by atoms with Crippen molar-refractivity contribution in [3.8, 4) is 28.4 Å². The number of amides is 1. The van der Waals surface area contributed by atoms with Gasteiger partial charge in [0.1, 0.15) is 17.2 Å². The molecule has 0 spiro atoms. The smallest absolute Gasteiger partial charge is 0.257 e. The Morgan fingerprint density at radius 1 is 1.00 bits per heavy atom. The predicted molar refractivity (Wildman–Crippen MR) is 118 cm³/mol. The summed E-state index contributed by atoms with van der Waals surface area (Å²) in [7, 11) is 1.79. The first-order chi connectivity index (χ1) is 15.0. The molecule has 0 saturated carbocycles. The van der Waals surface area contributed by atoms with Crippen molar-refractivity contribution in [3.63, 3.8) is 0 Å². The van der Waals surface area contributed by atoms with Crippen LogP contribution in [0.4, 0.5) is 5.82 Å². The van der Waals surface area contributed by atoms with Gasteiger partial charge in [0.05, 0.1) is 18.6 Å². The Morgan fingerprint density at radius 3 is 2.42 bits per heavy atom. The highest BCUT2D eigenvalue weighted by atomic mass is 16.5. The fourth-order valence-electron chi connectivity index (χ4n) is 3.05. The first-order valence-electron chi connectivity index (χ1n) is 9.89. The van der Waals surface area contributed by atoms with Crippen molar-refractivity contribution in [1.82, 2.24) is 9.78 Å². The van der Waals surface area contributed by atoms with Crippen LogP contribution in [0.1, 0.15) is 24.2 Å². The molecule has 0 radical (unpaired) electrons. The molecule has 0 bridgehead atoms. The normalized spacial score (nSPS) is 10.8. The number of anilines is 1. The Hall–Kier alpha value is -4.00. The standard InChI is InChI=1S/C24H23N3O4/c1-16(2)30-21-12-19(24(28)25-23-8-10-27(3)26-23)13-22(14-21)31-20-6-4-17(5-7-20)18-9-11-29-15-18/h4-16H,1-3H3,(H,25,26,28). The minimum atomic E-state index is -0.298. The molecule has 0 atom stereocenters. The molecule has 7 nitrogen and oxygen atoms in total. The van der Waals surface area contributed by atoms with E-state index >= 15 is 0 Å². The van der Waals surface area contributed by atoms with Gasteiger partial charge in [0.2, 0.25) is 0 Å². The second-order valence-corrected chi connectivity index (χ2v) is 7.33. The van der Waals surface area contributed by atoms with Crippen molar-refractivity contribution in [3.05, 3.63) is 78.9 Å². The van der Waals surface area contributed by atoms with E-state index in [0.717, 1.165) is 11.1 Å². The molecule has 31 heavy (non-hydrogen) atoms. The molecule has 2 aromatic heterocycles. The summed E-state index contributed by atoms with van der Waals surface area (Å²) in [6.45, 7) is 3.85. The number of furan rings is 1. The zero-order valence-electron chi connectivity index (χ0n) is 17.5. The third-order valence-electron chi connectivity index (χ3n) is 4.41. The summed E-state index contributed by atoms with van der Waals surface area (Å²) in [4.78, 5) is 12.8. The van der Waals surface area contributed by atoms with Gasteiger partial charge >= 0.3 is 0 Å². The molecule has 0 aliphatic rings. The van der Waals surface area contributed by atoms with Gasteiger partial charge in [-0.25, -0.2) is 0 Å². The van der Waals surface area contributed by atoms with Gasteiger partial charge in [-0.3, -0.25) is 9.48 Å². The monoisotopic (exact) mass is 417 g/mol. The van der Waals surface area contributed by atoms with E-state index in [9.17, 15) is 4.79 Å². The lowest BCUT2D eigenvalue weighted by Crippen LogP contribution is -2.13. The molecular formula is C24H23N3O4. The van der Waals surface area contributed by atoms with E-state index in [4.69, 9.17) is 13.9 Å². The molecule has 1 N–H and O–H groups in total. The third-order valence-corrected chi connectivity index (χ3v) is 4.41. The van der Waals surface area contributed by atoms with Gasteiger partial charge in [-0.05, 0) is 49.7 Å². The van der Waals surface area contributed by atoms with Crippen molar-refractivity contribution < 1.29 is 18.7 Å². The maximum atomic E-state index is 12.8. The van der Waals surface area contributed by atoms with Crippen molar-refractivity contribution in [2.75, 3.05) is 5.32 Å². The van der Waals surface area contributed by atoms with Gasteiger partial charge in [-0.15, -0.1) is 0 Å². The Kier molecular flexibility index (Phi) is 5.75. The summed E-state index contributed by atoms with van der Waals surface area (Å²) >= 11 is 0. The number of nitrogens with zero attached hydrogens (tertiary/aromatic N) is 2. The summed E-state index contributed by atoms with van der Waals surface area (Å²) in [6.07, 6.45) is 5.04. The second-order valence-electron chi connectivity index (χ2n) is 7.33. The fourth-order valence-corrected chi connectivity index (χ4v) is 3.05. The molecule has 0 saturated heterocycles. The first kappa shape index (κ1) is 20.3. The van der Waals surface area contributed by atoms with E-state index in [-0.39, 0.29) is 12.0 Å². The molecule has 1 amide bonds. The summed E-state index contributed by atoms with van der Waals surface area (Å²) < 4.78 is 18.6. The molecule has 0 unspecified atom stereocenters. The topological polar surface area (TPSA) is 78.5 Å².